The molecule has 1 aromatic carbocycles. The van der Waals surface area contributed by atoms with Gasteiger partial charge in [-0.1, -0.05) is 0 Å². The van der Waals surface area contributed by atoms with Gasteiger partial charge in [-0.05, 0) is 44.9 Å². The zero-order valence-corrected chi connectivity index (χ0v) is 17.0. The molecule has 30 heavy (non-hydrogen) atoms. The molecule has 2 aromatic heterocycles. The quantitative estimate of drug-likeness (QED) is 0.715. The van der Waals surface area contributed by atoms with Crippen LogP contribution in [0, 0.1) is 19.8 Å². The van der Waals surface area contributed by atoms with Crippen LogP contribution in [0.3, 0.4) is 0 Å². The van der Waals surface area contributed by atoms with Gasteiger partial charge >= 0.3 is 0 Å². The van der Waals surface area contributed by atoms with E-state index in [1.807, 2.05) is 38.2 Å². The number of amides is 1. The zero-order valence-electron chi connectivity index (χ0n) is 17.0. The number of carbonyl (C=O) groups is 1. The number of nitrogens with one attached hydrogen (secondary N) is 1. The van der Waals surface area contributed by atoms with Crippen LogP contribution in [0.25, 0.3) is 11.2 Å². The number of hydrogen-bond donors (Lipinski definition) is 1. The monoisotopic (exact) mass is 405 g/mol. The van der Waals surface area contributed by atoms with Crippen molar-refractivity contribution < 1.29 is 14.3 Å². The predicted molar refractivity (Wildman–Crippen MR) is 113 cm³/mol. The number of aryl methyl sites for hydroxylation is 2. The SMILES string of the molecule is Cc1nc2cc(N3CCC(C(=O)Nc4ccc5c(c4)OCO5)CC3)cnc2nc1C. The van der Waals surface area contributed by atoms with Gasteiger partial charge in [0.05, 0.1) is 23.3 Å². The first-order chi connectivity index (χ1) is 14.6. The summed E-state index contributed by atoms with van der Waals surface area (Å²) in [5.74, 6) is 1.40. The van der Waals surface area contributed by atoms with Gasteiger partial charge in [0.1, 0.15) is 5.52 Å². The van der Waals surface area contributed by atoms with Gasteiger partial charge in [-0.15, -0.1) is 0 Å². The summed E-state index contributed by atoms with van der Waals surface area (Å²) >= 11 is 0. The Balaban J connectivity index is 1.23. The standard InChI is InChI=1S/C22H23N5O3/c1-13-14(2)25-21-18(24-13)10-17(11-23-21)27-7-5-15(6-8-27)22(28)26-16-3-4-19-20(9-16)30-12-29-19/h3-4,9-11,15H,5-8,12H2,1-2H3,(H,26,28). The molecule has 0 atom stereocenters. The minimum atomic E-state index is -0.0234. The average molecular weight is 405 g/mol. The van der Waals surface area contributed by atoms with E-state index in [0.29, 0.717) is 17.1 Å². The molecule has 154 valence electrons. The lowest BCUT2D eigenvalue weighted by Gasteiger charge is -2.32. The van der Waals surface area contributed by atoms with Crippen LogP contribution in [0.4, 0.5) is 11.4 Å². The fraction of sp³-hybridized carbons (Fsp3) is 0.364. The lowest BCUT2D eigenvalue weighted by molar-refractivity contribution is -0.120. The molecular weight excluding hydrogens is 382 g/mol. The Morgan fingerprint density at radius 2 is 1.83 bits per heavy atom. The van der Waals surface area contributed by atoms with Crippen molar-refractivity contribution in [2.24, 2.45) is 5.92 Å². The summed E-state index contributed by atoms with van der Waals surface area (Å²) in [6.45, 7) is 5.71. The second-order valence-corrected chi connectivity index (χ2v) is 7.75. The maximum Gasteiger partial charge on any atom is 0.231 e. The Morgan fingerprint density at radius 3 is 2.67 bits per heavy atom. The number of carbonyl (C=O) groups excluding carboxylic acids is 1. The molecule has 1 saturated heterocycles. The first kappa shape index (κ1) is 18.6. The van der Waals surface area contributed by atoms with Crippen LogP contribution in [0.2, 0.25) is 0 Å². The van der Waals surface area contributed by atoms with E-state index in [1.165, 1.54) is 0 Å². The van der Waals surface area contributed by atoms with Gasteiger partial charge < -0.3 is 19.7 Å². The predicted octanol–water partition coefficient (Wildman–Crippen LogP) is 3.23. The molecule has 0 aliphatic carbocycles. The molecule has 0 spiro atoms. The summed E-state index contributed by atoms with van der Waals surface area (Å²) in [7, 11) is 0. The van der Waals surface area contributed by atoms with Crippen LogP contribution >= 0.6 is 0 Å². The van der Waals surface area contributed by atoms with Gasteiger partial charge in [0.25, 0.3) is 0 Å². The van der Waals surface area contributed by atoms with E-state index in [2.05, 4.69) is 25.2 Å². The van der Waals surface area contributed by atoms with E-state index in [1.54, 1.807) is 6.07 Å². The lowest BCUT2D eigenvalue weighted by Crippen LogP contribution is -2.38. The molecule has 1 fully saturated rings. The fourth-order valence-corrected chi connectivity index (χ4v) is 3.90. The molecule has 0 saturated carbocycles. The smallest absolute Gasteiger partial charge is 0.231 e. The number of aromatic nitrogens is 3. The summed E-state index contributed by atoms with van der Waals surface area (Å²) < 4.78 is 10.7. The molecule has 5 rings (SSSR count). The topological polar surface area (TPSA) is 89.5 Å². The minimum absolute atomic E-state index is 0.0234. The highest BCUT2D eigenvalue weighted by atomic mass is 16.7. The first-order valence-electron chi connectivity index (χ1n) is 10.1. The van der Waals surface area contributed by atoms with Gasteiger partial charge in [0, 0.05) is 30.8 Å². The summed E-state index contributed by atoms with van der Waals surface area (Å²) in [6.07, 6.45) is 3.42. The summed E-state index contributed by atoms with van der Waals surface area (Å²) in [5.41, 5.74) is 5.04. The molecule has 4 heterocycles. The van der Waals surface area contributed by atoms with Crippen LogP contribution in [-0.2, 0) is 4.79 Å². The number of anilines is 2. The molecule has 3 aromatic rings. The molecule has 0 radical (unpaired) electrons. The number of hydrogen-bond acceptors (Lipinski definition) is 7. The molecule has 8 heteroatoms. The summed E-state index contributed by atoms with van der Waals surface area (Å²) in [4.78, 5) is 28.6. The number of ether oxygens (including phenoxy) is 2. The number of fused-ring (bicyclic) bond motifs is 2. The van der Waals surface area contributed by atoms with Crippen molar-refractivity contribution in [2.45, 2.75) is 26.7 Å². The second-order valence-electron chi connectivity index (χ2n) is 7.75. The number of nitrogens with zero attached hydrogens (tertiary/aromatic N) is 4. The third kappa shape index (κ3) is 3.49. The molecule has 2 aliphatic heterocycles. The summed E-state index contributed by atoms with van der Waals surface area (Å²) in [5, 5.41) is 3.01. The average Bonchev–Trinajstić information content (AvgIpc) is 3.22. The van der Waals surface area contributed by atoms with Crippen LogP contribution in [-0.4, -0.2) is 40.7 Å². The molecule has 0 unspecified atom stereocenters. The van der Waals surface area contributed by atoms with Crippen LogP contribution in [0.15, 0.2) is 30.5 Å². The van der Waals surface area contributed by atoms with Crippen molar-refractivity contribution in [3.05, 3.63) is 41.9 Å². The van der Waals surface area contributed by atoms with E-state index in [9.17, 15) is 4.79 Å². The van der Waals surface area contributed by atoms with Crippen molar-refractivity contribution in [2.75, 3.05) is 30.1 Å². The molecule has 2 aliphatic rings. The summed E-state index contributed by atoms with van der Waals surface area (Å²) in [6, 6.07) is 7.50. The highest BCUT2D eigenvalue weighted by molar-refractivity contribution is 5.93. The lowest BCUT2D eigenvalue weighted by atomic mass is 9.95. The van der Waals surface area contributed by atoms with Gasteiger partial charge in [-0.2, -0.15) is 0 Å². The normalized spacial score (nSPS) is 16.1. The zero-order chi connectivity index (χ0) is 20.7. The third-order valence-corrected chi connectivity index (χ3v) is 5.79. The number of pyridine rings is 1. The van der Waals surface area contributed by atoms with Crippen molar-refractivity contribution in [3.8, 4) is 11.5 Å². The third-order valence-electron chi connectivity index (χ3n) is 5.79. The molecule has 1 amide bonds. The molecule has 8 nitrogen and oxygen atoms in total. The fourth-order valence-electron chi connectivity index (χ4n) is 3.90. The highest BCUT2D eigenvalue weighted by Gasteiger charge is 2.26. The first-order valence-corrected chi connectivity index (χ1v) is 10.1. The van der Waals surface area contributed by atoms with Crippen LogP contribution < -0.4 is 19.7 Å². The molecular formula is C22H23N5O3. The Hall–Kier alpha value is -3.42. The number of benzene rings is 1. The molecule has 0 bridgehead atoms. The largest absolute Gasteiger partial charge is 0.454 e. The number of piperidine rings is 1. The maximum atomic E-state index is 12.7. The van der Waals surface area contributed by atoms with E-state index >= 15 is 0 Å². The van der Waals surface area contributed by atoms with E-state index in [-0.39, 0.29) is 18.6 Å². The maximum absolute atomic E-state index is 12.7. The van der Waals surface area contributed by atoms with Crippen molar-refractivity contribution in [1.29, 1.82) is 0 Å². The van der Waals surface area contributed by atoms with E-state index < -0.39 is 0 Å². The van der Waals surface area contributed by atoms with E-state index in [4.69, 9.17) is 9.47 Å². The Labute approximate surface area is 174 Å². The Kier molecular flexibility index (Phi) is 4.61. The van der Waals surface area contributed by atoms with Crippen LogP contribution in [0.5, 0.6) is 11.5 Å². The Bertz CT molecular complexity index is 1130. The van der Waals surface area contributed by atoms with Crippen molar-refractivity contribution in [1.82, 2.24) is 15.0 Å². The van der Waals surface area contributed by atoms with Gasteiger partial charge in [0.2, 0.25) is 12.7 Å². The minimum Gasteiger partial charge on any atom is -0.454 e. The van der Waals surface area contributed by atoms with Crippen molar-refractivity contribution in [3.63, 3.8) is 0 Å². The van der Waals surface area contributed by atoms with E-state index in [0.717, 1.165) is 54.2 Å². The van der Waals surface area contributed by atoms with Gasteiger partial charge in [-0.3, -0.25) is 4.79 Å². The molecule has 1 N–H and O–H groups in total. The number of rotatable bonds is 3. The van der Waals surface area contributed by atoms with Gasteiger partial charge in [-0.25, -0.2) is 15.0 Å². The van der Waals surface area contributed by atoms with Crippen LogP contribution in [0.1, 0.15) is 24.2 Å². The Morgan fingerprint density at radius 1 is 1.07 bits per heavy atom. The van der Waals surface area contributed by atoms with Crippen molar-refractivity contribution >= 4 is 28.4 Å². The van der Waals surface area contributed by atoms with Gasteiger partial charge in [0.15, 0.2) is 17.1 Å². The second kappa shape index (κ2) is 7.44. The highest BCUT2D eigenvalue weighted by Crippen LogP contribution is 2.34.